The number of hydrogen-bond acceptors (Lipinski definition) is 2. The van der Waals surface area contributed by atoms with Gasteiger partial charge in [0.15, 0.2) is 0 Å². The van der Waals surface area contributed by atoms with Gasteiger partial charge in [-0.05, 0) is 27.6 Å². The van der Waals surface area contributed by atoms with E-state index >= 15 is 0 Å². The summed E-state index contributed by atoms with van der Waals surface area (Å²) in [5.74, 6) is 0. The van der Waals surface area contributed by atoms with Crippen LogP contribution in [0.3, 0.4) is 0 Å². The molecule has 17 heavy (non-hydrogen) atoms. The molecular formula is C8H5BrF6N2. The molecule has 0 aliphatic carbocycles. The second-order valence-electron chi connectivity index (χ2n) is 3.11. The van der Waals surface area contributed by atoms with Crippen LogP contribution in [0.1, 0.15) is 17.3 Å². The lowest BCUT2D eigenvalue weighted by Crippen LogP contribution is -2.29. The molecule has 0 radical (unpaired) electrons. The zero-order valence-corrected chi connectivity index (χ0v) is 9.49. The van der Waals surface area contributed by atoms with Gasteiger partial charge in [0.05, 0.1) is 0 Å². The van der Waals surface area contributed by atoms with E-state index in [0.29, 0.717) is 6.20 Å². The lowest BCUT2D eigenvalue weighted by Gasteiger charge is -2.18. The van der Waals surface area contributed by atoms with E-state index in [4.69, 9.17) is 5.73 Å². The van der Waals surface area contributed by atoms with Crippen molar-refractivity contribution in [1.29, 1.82) is 0 Å². The van der Waals surface area contributed by atoms with Gasteiger partial charge < -0.3 is 5.73 Å². The average molecular weight is 323 g/mol. The summed E-state index contributed by atoms with van der Waals surface area (Å²) >= 11 is 2.68. The Kier molecular flexibility index (Phi) is 3.72. The van der Waals surface area contributed by atoms with Crippen LogP contribution in [0.5, 0.6) is 0 Å². The summed E-state index contributed by atoms with van der Waals surface area (Å²) in [7, 11) is 0. The summed E-state index contributed by atoms with van der Waals surface area (Å²) < 4.78 is 73.4. The van der Waals surface area contributed by atoms with Gasteiger partial charge in [-0.25, -0.2) is 0 Å². The van der Waals surface area contributed by atoms with Crippen molar-refractivity contribution in [1.82, 2.24) is 4.98 Å². The molecule has 0 aliphatic rings. The smallest absolute Gasteiger partial charge is 0.316 e. The van der Waals surface area contributed by atoms with Crippen molar-refractivity contribution in [2.24, 2.45) is 5.73 Å². The quantitative estimate of drug-likeness (QED) is 0.804. The minimum absolute atomic E-state index is 0.227. The van der Waals surface area contributed by atoms with E-state index in [1.807, 2.05) is 0 Å². The van der Waals surface area contributed by atoms with E-state index in [1.165, 1.54) is 0 Å². The Bertz CT molecular complexity index is 413. The van der Waals surface area contributed by atoms with Crippen molar-refractivity contribution in [3.63, 3.8) is 0 Å². The van der Waals surface area contributed by atoms with Crippen LogP contribution in [0.25, 0.3) is 0 Å². The van der Waals surface area contributed by atoms with Gasteiger partial charge in [-0.3, -0.25) is 4.98 Å². The molecule has 2 N–H and O–H groups in total. The highest BCUT2D eigenvalue weighted by atomic mass is 79.9. The molecule has 0 amide bonds. The molecule has 1 heterocycles. The van der Waals surface area contributed by atoms with Crippen molar-refractivity contribution >= 4 is 15.9 Å². The monoisotopic (exact) mass is 322 g/mol. The number of aromatic nitrogens is 1. The number of nitrogens with two attached hydrogens (primary N) is 1. The van der Waals surface area contributed by atoms with Crippen molar-refractivity contribution in [3.8, 4) is 0 Å². The summed E-state index contributed by atoms with van der Waals surface area (Å²) in [4.78, 5) is 2.98. The van der Waals surface area contributed by atoms with Gasteiger partial charge in [-0.2, -0.15) is 26.3 Å². The SMILES string of the molecule is N[C@@H](c1cc(C(F)(F)F)ncc1Br)C(F)(F)F. The fraction of sp³-hybridized carbons (Fsp3) is 0.375. The number of alkyl halides is 6. The molecule has 96 valence electrons. The van der Waals surface area contributed by atoms with Crippen LogP contribution in [-0.2, 0) is 6.18 Å². The first-order chi connectivity index (χ1) is 7.53. The zero-order chi connectivity index (χ0) is 13.4. The molecule has 9 heteroatoms. The van der Waals surface area contributed by atoms with Gasteiger partial charge in [0.1, 0.15) is 11.7 Å². The Balaban J connectivity index is 3.25. The van der Waals surface area contributed by atoms with E-state index < -0.39 is 29.7 Å². The maximum Gasteiger partial charge on any atom is 0.433 e. The first-order valence-electron chi connectivity index (χ1n) is 4.08. The maximum atomic E-state index is 12.3. The molecule has 0 aliphatic heterocycles. The first-order valence-corrected chi connectivity index (χ1v) is 4.87. The predicted octanol–water partition coefficient (Wildman–Crippen LogP) is 3.43. The molecule has 0 saturated heterocycles. The van der Waals surface area contributed by atoms with Gasteiger partial charge in [0.25, 0.3) is 0 Å². The van der Waals surface area contributed by atoms with Crippen molar-refractivity contribution in [2.75, 3.05) is 0 Å². The standard InChI is InChI=1S/C8H5BrF6N2/c9-4-2-17-5(7(10,11)12)1-3(4)6(16)8(13,14)15/h1-2,6H,16H2/t6-/m0/s1. The highest BCUT2D eigenvalue weighted by Crippen LogP contribution is 2.37. The van der Waals surface area contributed by atoms with E-state index in [2.05, 4.69) is 20.9 Å². The van der Waals surface area contributed by atoms with Crippen LogP contribution in [0.4, 0.5) is 26.3 Å². The highest BCUT2D eigenvalue weighted by molar-refractivity contribution is 9.10. The van der Waals surface area contributed by atoms with Crippen molar-refractivity contribution in [3.05, 3.63) is 28.0 Å². The predicted molar refractivity (Wildman–Crippen MR) is 49.9 cm³/mol. The van der Waals surface area contributed by atoms with Crippen LogP contribution in [0.2, 0.25) is 0 Å². The number of pyridine rings is 1. The summed E-state index contributed by atoms with van der Waals surface area (Å²) in [5.41, 5.74) is 2.71. The molecule has 2 nitrogen and oxygen atoms in total. The van der Waals surface area contributed by atoms with Gasteiger partial charge in [0.2, 0.25) is 0 Å². The number of halogens is 7. The van der Waals surface area contributed by atoms with Crippen LogP contribution < -0.4 is 5.73 Å². The fourth-order valence-electron chi connectivity index (χ4n) is 1.02. The Labute approximate surface area is 99.9 Å². The molecule has 1 atom stereocenters. The van der Waals surface area contributed by atoms with E-state index in [0.717, 1.165) is 0 Å². The summed E-state index contributed by atoms with van der Waals surface area (Å²) in [6.45, 7) is 0. The molecule has 0 fully saturated rings. The van der Waals surface area contributed by atoms with Crippen LogP contribution in [-0.4, -0.2) is 11.2 Å². The van der Waals surface area contributed by atoms with Gasteiger partial charge >= 0.3 is 12.4 Å². The fourth-order valence-corrected chi connectivity index (χ4v) is 1.49. The summed E-state index contributed by atoms with van der Waals surface area (Å²) in [6.07, 6.45) is -9.00. The lowest BCUT2D eigenvalue weighted by molar-refractivity contribution is -0.151. The largest absolute Gasteiger partial charge is 0.433 e. The van der Waals surface area contributed by atoms with Crippen molar-refractivity contribution < 1.29 is 26.3 Å². The summed E-state index contributed by atoms with van der Waals surface area (Å²) in [6, 6.07) is -2.22. The third-order valence-electron chi connectivity index (χ3n) is 1.86. The molecule has 1 rings (SSSR count). The molecular weight excluding hydrogens is 318 g/mol. The second kappa shape index (κ2) is 4.45. The Morgan fingerprint density at radius 3 is 2.12 bits per heavy atom. The molecule has 1 aromatic heterocycles. The maximum absolute atomic E-state index is 12.3. The molecule has 0 unspecified atom stereocenters. The minimum atomic E-state index is -4.83. The van der Waals surface area contributed by atoms with E-state index in [9.17, 15) is 26.3 Å². The molecule has 0 aromatic carbocycles. The Morgan fingerprint density at radius 1 is 1.18 bits per heavy atom. The molecule has 0 spiro atoms. The minimum Gasteiger partial charge on any atom is -0.316 e. The third kappa shape index (κ3) is 3.32. The van der Waals surface area contributed by atoms with Gasteiger partial charge in [-0.15, -0.1) is 0 Å². The van der Waals surface area contributed by atoms with Gasteiger partial charge in [0, 0.05) is 10.7 Å². The second-order valence-corrected chi connectivity index (χ2v) is 3.96. The highest BCUT2D eigenvalue weighted by Gasteiger charge is 2.41. The number of nitrogens with zero attached hydrogens (tertiary/aromatic N) is 1. The molecule has 1 aromatic rings. The number of rotatable bonds is 1. The Hall–Kier alpha value is -0.830. The van der Waals surface area contributed by atoms with Crippen LogP contribution in [0.15, 0.2) is 16.7 Å². The van der Waals surface area contributed by atoms with Crippen molar-refractivity contribution in [2.45, 2.75) is 18.4 Å². The zero-order valence-electron chi connectivity index (χ0n) is 7.90. The average Bonchev–Trinajstić information content (AvgIpc) is 2.14. The topological polar surface area (TPSA) is 38.9 Å². The van der Waals surface area contributed by atoms with Crippen LogP contribution >= 0.6 is 15.9 Å². The van der Waals surface area contributed by atoms with E-state index in [-0.39, 0.29) is 10.5 Å². The lowest BCUT2D eigenvalue weighted by atomic mass is 10.1. The molecule has 0 bridgehead atoms. The third-order valence-corrected chi connectivity index (χ3v) is 2.53. The van der Waals surface area contributed by atoms with Gasteiger partial charge in [-0.1, -0.05) is 0 Å². The van der Waals surface area contributed by atoms with E-state index in [1.54, 1.807) is 0 Å². The first kappa shape index (κ1) is 14.2. The Morgan fingerprint density at radius 2 is 1.71 bits per heavy atom. The number of hydrogen-bond donors (Lipinski definition) is 1. The van der Waals surface area contributed by atoms with Crippen LogP contribution in [0, 0.1) is 0 Å². The molecule has 0 saturated carbocycles. The summed E-state index contributed by atoms with van der Waals surface area (Å²) in [5, 5.41) is 0. The normalized spacial score (nSPS) is 14.8.